The summed E-state index contributed by atoms with van der Waals surface area (Å²) in [5, 5.41) is 4.79. The fraction of sp³-hybridized carbons (Fsp3) is 0.350. The van der Waals surface area contributed by atoms with Crippen molar-refractivity contribution in [2.45, 2.75) is 32.1 Å². The van der Waals surface area contributed by atoms with Crippen LogP contribution in [-0.2, 0) is 11.2 Å². The van der Waals surface area contributed by atoms with Gasteiger partial charge in [0.2, 0.25) is 5.91 Å². The van der Waals surface area contributed by atoms with Gasteiger partial charge in [-0.3, -0.25) is 9.78 Å². The van der Waals surface area contributed by atoms with E-state index in [9.17, 15) is 4.79 Å². The van der Waals surface area contributed by atoms with Crippen molar-refractivity contribution in [1.29, 1.82) is 0 Å². The molecule has 0 atom stereocenters. The number of aryl methyl sites for hydroxylation is 1. The smallest absolute Gasteiger partial charge is 0.278 e. The van der Waals surface area contributed by atoms with E-state index in [0.29, 0.717) is 41.9 Å². The lowest BCUT2D eigenvalue weighted by molar-refractivity contribution is -0.131. The van der Waals surface area contributed by atoms with Gasteiger partial charge < -0.3 is 9.42 Å². The number of halogens is 1. The standard InChI is InChI=1S/C20H20ClN5O2/c1-13-11-23-17(12-22-13)20-24-19(25-28-20)15-6-8-26(9-7-15)18(27)10-14-2-4-16(21)5-3-14/h2-5,11-12,15H,6-10H2,1H3. The van der Waals surface area contributed by atoms with Crippen molar-refractivity contribution in [2.75, 3.05) is 13.1 Å². The highest BCUT2D eigenvalue weighted by molar-refractivity contribution is 6.30. The molecule has 3 heterocycles. The average Bonchev–Trinajstić information content (AvgIpc) is 3.20. The first-order chi connectivity index (χ1) is 13.6. The molecule has 3 aromatic rings. The van der Waals surface area contributed by atoms with E-state index in [-0.39, 0.29) is 11.8 Å². The van der Waals surface area contributed by atoms with E-state index in [4.69, 9.17) is 16.1 Å². The van der Waals surface area contributed by atoms with E-state index in [2.05, 4.69) is 20.1 Å². The third kappa shape index (κ3) is 4.20. The van der Waals surface area contributed by atoms with Crippen LogP contribution in [0.4, 0.5) is 0 Å². The molecular formula is C20H20ClN5O2. The second kappa shape index (κ2) is 8.06. The van der Waals surface area contributed by atoms with Crippen molar-refractivity contribution >= 4 is 17.5 Å². The van der Waals surface area contributed by atoms with E-state index in [1.54, 1.807) is 12.4 Å². The van der Waals surface area contributed by atoms with Gasteiger partial charge in [0, 0.05) is 30.2 Å². The Morgan fingerprint density at radius 1 is 1.18 bits per heavy atom. The topological polar surface area (TPSA) is 85.0 Å². The largest absolute Gasteiger partial charge is 0.342 e. The number of likely N-dealkylation sites (tertiary alicyclic amines) is 1. The van der Waals surface area contributed by atoms with Gasteiger partial charge in [0.25, 0.3) is 5.89 Å². The third-order valence-corrected chi connectivity index (χ3v) is 5.18. The maximum atomic E-state index is 12.5. The van der Waals surface area contributed by atoms with Crippen LogP contribution in [-0.4, -0.2) is 44.0 Å². The number of carbonyl (C=O) groups is 1. The molecule has 4 rings (SSSR count). The number of amides is 1. The van der Waals surface area contributed by atoms with Gasteiger partial charge in [0.1, 0.15) is 5.69 Å². The minimum Gasteiger partial charge on any atom is -0.342 e. The zero-order valence-corrected chi connectivity index (χ0v) is 16.3. The lowest BCUT2D eigenvalue weighted by atomic mass is 9.95. The first-order valence-electron chi connectivity index (χ1n) is 9.23. The molecule has 0 bridgehead atoms. The van der Waals surface area contributed by atoms with E-state index in [1.165, 1.54) is 0 Å². The van der Waals surface area contributed by atoms with Gasteiger partial charge in [0.15, 0.2) is 5.82 Å². The zero-order chi connectivity index (χ0) is 19.5. The number of benzene rings is 1. The maximum absolute atomic E-state index is 12.5. The number of nitrogens with zero attached hydrogens (tertiary/aromatic N) is 5. The van der Waals surface area contributed by atoms with Crippen molar-refractivity contribution in [3.8, 4) is 11.6 Å². The van der Waals surface area contributed by atoms with E-state index >= 15 is 0 Å². The second-order valence-electron chi connectivity index (χ2n) is 6.96. The highest BCUT2D eigenvalue weighted by Gasteiger charge is 2.27. The molecule has 8 heteroatoms. The Morgan fingerprint density at radius 3 is 2.61 bits per heavy atom. The molecule has 1 amide bonds. The highest BCUT2D eigenvalue weighted by Crippen LogP contribution is 2.28. The molecule has 144 valence electrons. The number of hydrogen-bond acceptors (Lipinski definition) is 6. The maximum Gasteiger partial charge on any atom is 0.278 e. The molecule has 0 radical (unpaired) electrons. The van der Waals surface area contributed by atoms with Crippen LogP contribution in [0.2, 0.25) is 5.02 Å². The summed E-state index contributed by atoms with van der Waals surface area (Å²) in [6.45, 7) is 3.24. The van der Waals surface area contributed by atoms with Crippen LogP contribution in [0.3, 0.4) is 0 Å². The number of hydrogen-bond donors (Lipinski definition) is 0. The fourth-order valence-corrected chi connectivity index (χ4v) is 3.41. The van der Waals surface area contributed by atoms with Gasteiger partial charge in [-0.1, -0.05) is 28.9 Å². The van der Waals surface area contributed by atoms with Crippen molar-refractivity contribution in [2.24, 2.45) is 0 Å². The number of aromatic nitrogens is 4. The van der Waals surface area contributed by atoms with Gasteiger partial charge in [-0.2, -0.15) is 4.98 Å². The normalized spacial score (nSPS) is 15.0. The minimum atomic E-state index is 0.129. The lowest BCUT2D eigenvalue weighted by Crippen LogP contribution is -2.39. The number of rotatable bonds is 4. The van der Waals surface area contributed by atoms with Crippen molar-refractivity contribution in [3.05, 3.63) is 58.8 Å². The summed E-state index contributed by atoms with van der Waals surface area (Å²) in [4.78, 5) is 27.4. The predicted octanol–water partition coefficient (Wildman–Crippen LogP) is 3.44. The van der Waals surface area contributed by atoms with Crippen LogP contribution in [0.5, 0.6) is 0 Å². The minimum absolute atomic E-state index is 0.129. The van der Waals surface area contributed by atoms with Crippen LogP contribution in [0.15, 0.2) is 41.2 Å². The Bertz CT molecular complexity index is 947. The zero-order valence-electron chi connectivity index (χ0n) is 15.5. The summed E-state index contributed by atoms with van der Waals surface area (Å²) in [6.07, 6.45) is 5.31. The molecule has 1 aromatic carbocycles. The molecule has 1 aliphatic heterocycles. The predicted molar refractivity (Wildman–Crippen MR) is 104 cm³/mol. The molecule has 2 aromatic heterocycles. The summed E-state index contributed by atoms with van der Waals surface area (Å²) in [6, 6.07) is 7.40. The van der Waals surface area contributed by atoms with Gasteiger partial charge in [0.05, 0.1) is 18.3 Å². The van der Waals surface area contributed by atoms with Crippen molar-refractivity contribution in [3.63, 3.8) is 0 Å². The molecule has 1 fully saturated rings. The third-order valence-electron chi connectivity index (χ3n) is 4.92. The summed E-state index contributed by atoms with van der Waals surface area (Å²) < 4.78 is 5.35. The van der Waals surface area contributed by atoms with Gasteiger partial charge in [-0.05, 0) is 37.5 Å². The van der Waals surface area contributed by atoms with Gasteiger partial charge in [-0.25, -0.2) is 4.98 Å². The second-order valence-corrected chi connectivity index (χ2v) is 7.40. The molecule has 0 N–H and O–H groups in total. The summed E-state index contributed by atoms with van der Waals surface area (Å²) in [5.74, 6) is 1.35. The van der Waals surface area contributed by atoms with Crippen LogP contribution < -0.4 is 0 Å². The monoisotopic (exact) mass is 397 g/mol. The molecule has 1 aliphatic rings. The van der Waals surface area contributed by atoms with Crippen LogP contribution in [0.25, 0.3) is 11.6 Å². The molecule has 0 unspecified atom stereocenters. The van der Waals surface area contributed by atoms with E-state index in [1.807, 2.05) is 36.1 Å². The van der Waals surface area contributed by atoms with Crippen LogP contribution >= 0.6 is 11.6 Å². The summed E-state index contributed by atoms with van der Waals surface area (Å²) in [5.41, 5.74) is 2.37. The molecule has 7 nitrogen and oxygen atoms in total. The number of piperidine rings is 1. The Kier molecular flexibility index (Phi) is 5.34. The van der Waals surface area contributed by atoms with Crippen LogP contribution in [0, 0.1) is 6.92 Å². The fourth-order valence-electron chi connectivity index (χ4n) is 3.28. The molecular weight excluding hydrogens is 378 g/mol. The van der Waals surface area contributed by atoms with Crippen LogP contribution in [0.1, 0.15) is 35.8 Å². The van der Waals surface area contributed by atoms with Gasteiger partial charge in [-0.15, -0.1) is 0 Å². The molecule has 0 spiro atoms. The molecule has 28 heavy (non-hydrogen) atoms. The molecule has 0 aliphatic carbocycles. The molecule has 0 saturated carbocycles. The van der Waals surface area contributed by atoms with Crippen molar-refractivity contribution < 1.29 is 9.32 Å². The Balaban J connectivity index is 1.34. The Morgan fingerprint density at radius 2 is 1.93 bits per heavy atom. The Hall–Kier alpha value is -2.80. The summed E-state index contributed by atoms with van der Waals surface area (Å²) in [7, 11) is 0. The average molecular weight is 398 g/mol. The van der Waals surface area contributed by atoms with Crippen molar-refractivity contribution in [1.82, 2.24) is 25.0 Å². The molecule has 1 saturated heterocycles. The Labute approximate surface area is 167 Å². The highest BCUT2D eigenvalue weighted by atomic mass is 35.5. The quantitative estimate of drug-likeness (QED) is 0.670. The first-order valence-corrected chi connectivity index (χ1v) is 9.61. The van der Waals surface area contributed by atoms with E-state index in [0.717, 1.165) is 24.1 Å². The van der Waals surface area contributed by atoms with E-state index < -0.39 is 0 Å². The van der Waals surface area contributed by atoms with Gasteiger partial charge >= 0.3 is 0 Å². The summed E-state index contributed by atoms with van der Waals surface area (Å²) >= 11 is 5.90. The lowest BCUT2D eigenvalue weighted by Gasteiger charge is -2.30. The first kappa shape index (κ1) is 18.6. The SMILES string of the molecule is Cc1cnc(-c2nc(C3CCN(C(=O)Cc4ccc(Cl)cc4)CC3)no2)cn1. The number of carbonyl (C=O) groups excluding carboxylic acids is 1.